The van der Waals surface area contributed by atoms with Gasteiger partial charge in [-0.1, -0.05) is 25.1 Å². The van der Waals surface area contributed by atoms with Gasteiger partial charge in [0.15, 0.2) is 0 Å². The Kier molecular flexibility index (Phi) is 4.72. The molecule has 1 fully saturated rings. The van der Waals surface area contributed by atoms with E-state index in [1.807, 2.05) is 12.1 Å². The van der Waals surface area contributed by atoms with Crippen LogP contribution in [0.25, 0.3) is 0 Å². The zero-order valence-corrected chi connectivity index (χ0v) is 11.3. The molecule has 0 aromatic heterocycles. The van der Waals surface area contributed by atoms with E-state index in [1.54, 1.807) is 12.1 Å². The van der Waals surface area contributed by atoms with Gasteiger partial charge >= 0.3 is 0 Å². The van der Waals surface area contributed by atoms with Gasteiger partial charge in [-0.05, 0) is 38.9 Å². The van der Waals surface area contributed by atoms with Crippen LogP contribution in [0.5, 0.6) is 0 Å². The largest absolute Gasteiger partial charge is 0.313 e. The highest BCUT2D eigenvalue weighted by atomic mass is 19.1. The van der Waals surface area contributed by atoms with E-state index in [2.05, 4.69) is 24.1 Å². The van der Waals surface area contributed by atoms with Crippen molar-refractivity contribution in [2.75, 3.05) is 19.6 Å². The fraction of sp³-hybridized carbons (Fsp3) is 0.600. The van der Waals surface area contributed by atoms with Crippen molar-refractivity contribution in [1.82, 2.24) is 10.2 Å². The first-order chi connectivity index (χ1) is 8.72. The molecule has 100 valence electrons. The molecular weight excluding hydrogens is 227 g/mol. The zero-order valence-electron chi connectivity index (χ0n) is 11.3. The standard InChI is InChI=1S/C15H23FN2/c1-3-18(11-13-7-6-10-17-13)12(2)14-8-4-5-9-15(14)16/h4-5,8-9,12-13,17H,3,6-7,10-11H2,1-2H3. The summed E-state index contributed by atoms with van der Waals surface area (Å²) in [6.07, 6.45) is 2.50. The summed E-state index contributed by atoms with van der Waals surface area (Å²) in [5.41, 5.74) is 0.803. The molecule has 18 heavy (non-hydrogen) atoms. The Bertz CT molecular complexity index is 375. The molecule has 1 saturated heterocycles. The van der Waals surface area contributed by atoms with Gasteiger partial charge in [0.2, 0.25) is 0 Å². The number of likely N-dealkylation sites (N-methyl/N-ethyl adjacent to an activating group) is 1. The SMILES string of the molecule is CCN(CC1CCCN1)C(C)c1ccccc1F. The van der Waals surface area contributed by atoms with Crippen LogP contribution >= 0.6 is 0 Å². The van der Waals surface area contributed by atoms with Crippen LogP contribution in [-0.2, 0) is 0 Å². The smallest absolute Gasteiger partial charge is 0.127 e. The Balaban J connectivity index is 2.04. The molecule has 1 heterocycles. The molecule has 2 rings (SSSR count). The van der Waals surface area contributed by atoms with Gasteiger partial charge < -0.3 is 5.32 Å². The summed E-state index contributed by atoms with van der Waals surface area (Å²) >= 11 is 0. The van der Waals surface area contributed by atoms with Crippen LogP contribution in [0, 0.1) is 5.82 Å². The summed E-state index contributed by atoms with van der Waals surface area (Å²) in [7, 11) is 0. The first-order valence-electron chi connectivity index (χ1n) is 6.94. The maximum absolute atomic E-state index is 13.8. The van der Waals surface area contributed by atoms with Gasteiger partial charge in [-0.3, -0.25) is 4.90 Å². The van der Waals surface area contributed by atoms with Gasteiger partial charge in [0, 0.05) is 24.2 Å². The molecule has 3 heteroatoms. The van der Waals surface area contributed by atoms with E-state index < -0.39 is 0 Å². The highest BCUT2D eigenvalue weighted by Gasteiger charge is 2.22. The average molecular weight is 250 g/mol. The lowest BCUT2D eigenvalue weighted by Gasteiger charge is -2.30. The molecule has 0 bridgehead atoms. The van der Waals surface area contributed by atoms with Gasteiger partial charge in [0.25, 0.3) is 0 Å². The second kappa shape index (κ2) is 6.30. The topological polar surface area (TPSA) is 15.3 Å². The first kappa shape index (κ1) is 13.5. The number of rotatable bonds is 5. The van der Waals surface area contributed by atoms with Crippen molar-refractivity contribution in [3.05, 3.63) is 35.6 Å². The molecule has 0 saturated carbocycles. The van der Waals surface area contributed by atoms with Crippen LogP contribution in [0.1, 0.15) is 38.3 Å². The van der Waals surface area contributed by atoms with Gasteiger partial charge in [0.1, 0.15) is 5.82 Å². The molecule has 0 radical (unpaired) electrons. The maximum Gasteiger partial charge on any atom is 0.127 e. The summed E-state index contributed by atoms with van der Waals surface area (Å²) < 4.78 is 13.8. The van der Waals surface area contributed by atoms with Crippen molar-refractivity contribution in [3.63, 3.8) is 0 Å². The molecule has 2 unspecified atom stereocenters. The van der Waals surface area contributed by atoms with Gasteiger partial charge in [0.05, 0.1) is 0 Å². The Morgan fingerprint density at radius 3 is 2.83 bits per heavy atom. The number of nitrogens with one attached hydrogen (secondary N) is 1. The minimum Gasteiger partial charge on any atom is -0.313 e. The van der Waals surface area contributed by atoms with Crippen LogP contribution in [0.2, 0.25) is 0 Å². The van der Waals surface area contributed by atoms with Gasteiger partial charge in [-0.25, -0.2) is 4.39 Å². The van der Waals surface area contributed by atoms with Crippen LogP contribution in [0.4, 0.5) is 4.39 Å². The third-order valence-electron chi connectivity index (χ3n) is 3.93. The van der Waals surface area contributed by atoms with E-state index in [0.717, 1.165) is 25.2 Å². The van der Waals surface area contributed by atoms with Crippen molar-refractivity contribution in [1.29, 1.82) is 0 Å². The molecule has 1 aromatic carbocycles. The third-order valence-corrected chi connectivity index (χ3v) is 3.93. The number of hydrogen-bond acceptors (Lipinski definition) is 2. The highest BCUT2D eigenvalue weighted by molar-refractivity contribution is 5.20. The van der Waals surface area contributed by atoms with E-state index in [0.29, 0.717) is 6.04 Å². The van der Waals surface area contributed by atoms with Crippen molar-refractivity contribution >= 4 is 0 Å². The average Bonchev–Trinajstić information content (AvgIpc) is 2.88. The van der Waals surface area contributed by atoms with Gasteiger partial charge in [-0.15, -0.1) is 0 Å². The maximum atomic E-state index is 13.8. The van der Waals surface area contributed by atoms with Crippen molar-refractivity contribution < 1.29 is 4.39 Å². The van der Waals surface area contributed by atoms with Crippen molar-refractivity contribution in [2.45, 2.75) is 38.8 Å². The van der Waals surface area contributed by atoms with E-state index in [4.69, 9.17) is 0 Å². The molecule has 1 aliphatic rings. The number of halogens is 1. The van der Waals surface area contributed by atoms with Crippen LogP contribution in [0.15, 0.2) is 24.3 Å². The van der Waals surface area contributed by atoms with E-state index in [1.165, 1.54) is 12.8 Å². The van der Waals surface area contributed by atoms with E-state index in [-0.39, 0.29) is 11.9 Å². The number of benzene rings is 1. The van der Waals surface area contributed by atoms with Crippen LogP contribution in [0.3, 0.4) is 0 Å². The summed E-state index contributed by atoms with van der Waals surface area (Å²) in [5.74, 6) is -0.0946. The lowest BCUT2D eigenvalue weighted by molar-refractivity contribution is 0.199. The van der Waals surface area contributed by atoms with Crippen molar-refractivity contribution in [2.24, 2.45) is 0 Å². The van der Waals surface area contributed by atoms with Gasteiger partial charge in [-0.2, -0.15) is 0 Å². The second-order valence-corrected chi connectivity index (χ2v) is 5.08. The number of hydrogen-bond donors (Lipinski definition) is 1. The zero-order chi connectivity index (χ0) is 13.0. The predicted molar refractivity (Wildman–Crippen MR) is 73.1 cm³/mol. The Morgan fingerprint density at radius 2 is 2.22 bits per heavy atom. The molecule has 0 aliphatic carbocycles. The molecular formula is C15H23FN2. The minimum absolute atomic E-state index is 0.0946. The molecule has 1 N–H and O–H groups in total. The molecule has 0 amide bonds. The Hall–Kier alpha value is -0.930. The third kappa shape index (κ3) is 3.09. The van der Waals surface area contributed by atoms with Crippen molar-refractivity contribution in [3.8, 4) is 0 Å². The Labute approximate surface area is 109 Å². The minimum atomic E-state index is -0.0946. The lowest BCUT2D eigenvalue weighted by atomic mass is 10.1. The number of nitrogens with zero attached hydrogens (tertiary/aromatic N) is 1. The van der Waals surface area contributed by atoms with Crippen LogP contribution in [-0.4, -0.2) is 30.6 Å². The fourth-order valence-electron chi connectivity index (χ4n) is 2.77. The normalized spacial score (nSPS) is 21.4. The summed E-state index contributed by atoms with van der Waals surface area (Å²) in [4.78, 5) is 2.35. The quantitative estimate of drug-likeness (QED) is 0.864. The summed E-state index contributed by atoms with van der Waals surface area (Å²) in [6.45, 7) is 7.32. The van der Waals surface area contributed by atoms with E-state index in [9.17, 15) is 4.39 Å². The second-order valence-electron chi connectivity index (χ2n) is 5.08. The molecule has 2 atom stereocenters. The summed E-state index contributed by atoms with van der Waals surface area (Å²) in [5, 5.41) is 3.51. The molecule has 2 nitrogen and oxygen atoms in total. The molecule has 1 aromatic rings. The molecule has 1 aliphatic heterocycles. The highest BCUT2D eigenvalue weighted by Crippen LogP contribution is 2.23. The lowest BCUT2D eigenvalue weighted by Crippen LogP contribution is -2.39. The summed E-state index contributed by atoms with van der Waals surface area (Å²) in [6, 6.07) is 7.81. The van der Waals surface area contributed by atoms with E-state index >= 15 is 0 Å². The monoisotopic (exact) mass is 250 g/mol. The first-order valence-corrected chi connectivity index (χ1v) is 6.94. The molecule has 0 spiro atoms. The fourth-order valence-corrected chi connectivity index (χ4v) is 2.77. The Morgan fingerprint density at radius 1 is 1.44 bits per heavy atom. The van der Waals surface area contributed by atoms with Crippen LogP contribution < -0.4 is 5.32 Å². The predicted octanol–water partition coefficient (Wildman–Crippen LogP) is 2.96.